The fourth-order valence-corrected chi connectivity index (χ4v) is 2.69. The van der Waals surface area contributed by atoms with E-state index in [2.05, 4.69) is 15.2 Å². The Balaban J connectivity index is 1.67. The van der Waals surface area contributed by atoms with Crippen molar-refractivity contribution >= 4 is 11.9 Å². The predicted octanol–water partition coefficient (Wildman–Crippen LogP) is 0.212. The zero-order valence-corrected chi connectivity index (χ0v) is 13.1. The van der Waals surface area contributed by atoms with Crippen molar-refractivity contribution in [3.8, 4) is 0 Å². The van der Waals surface area contributed by atoms with Crippen LogP contribution in [0.25, 0.3) is 0 Å². The van der Waals surface area contributed by atoms with E-state index in [1.165, 1.54) is 0 Å². The Morgan fingerprint density at radius 2 is 2.13 bits per heavy atom. The first-order valence-corrected chi connectivity index (χ1v) is 7.94. The van der Waals surface area contributed by atoms with Crippen LogP contribution in [0.15, 0.2) is 24.4 Å². The van der Waals surface area contributed by atoms with Crippen molar-refractivity contribution in [1.82, 2.24) is 15.2 Å². The fourth-order valence-electron chi connectivity index (χ4n) is 2.69. The maximum absolute atomic E-state index is 12.1. The van der Waals surface area contributed by atoms with Gasteiger partial charge in [-0.1, -0.05) is 6.07 Å². The van der Waals surface area contributed by atoms with Crippen molar-refractivity contribution in [2.75, 3.05) is 19.6 Å². The number of aliphatic carboxylic acids is 1. The minimum Gasteiger partial charge on any atom is -0.480 e. The molecule has 126 valence electrons. The molecular weight excluding hydrogens is 296 g/mol. The lowest BCUT2D eigenvalue weighted by Gasteiger charge is -2.31. The van der Waals surface area contributed by atoms with Gasteiger partial charge in [0.1, 0.15) is 6.04 Å². The van der Waals surface area contributed by atoms with Crippen molar-refractivity contribution in [3.63, 3.8) is 0 Å². The second kappa shape index (κ2) is 8.59. The first-order valence-electron chi connectivity index (χ1n) is 7.94. The van der Waals surface area contributed by atoms with Gasteiger partial charge in [-0.15, -0.1) is 0 Å². The number of pyridine rings is 1. The molecule has 0 bridgehead atoms. The minimum atomic E-state index is -1.04. The van der Waals surface area contributed by atoms with E-state index in [4.69, 9.17) is 10.8 Å². The number of carbonyl (C=O) groups is 2. The number of amides is 1. The van der Waals surface area contributed by atoms with E-state index < -0.39 is 12.0 Å². The zero-order valence-electron chi connectivity index (χ0n) is 13.1. The number of carboxylic acids is 1. The van der Waals surface area contributed by atoms with Crippen LogP contribution in [0.1, 0.15) is 25.0 Å². The molecule has 7 nitrogen and oxygen atoms in total. The third-order valence-corrected chi connectivity index (χ3v) is 4.14. The highest BCUT2D eigenvalue weighted by Gasteiger charge is 2.25. The summed E-state index contributed by atoms with van der Waals surface area (Å²) in [7, 11) is 0. The van der Waals surface area contributed by atoms with Crippen LogP contribution in [0, 0.1) is 5.92 Å². The molecule has 2 heterocycles. The summed E-state index contributed by atoms with van der Waals surface area (Å²) in [4.78, 5) is 29.3. The van der Waals surface area contributed by atoms with Gasteiger partial charge < -0.3 is 16.2 Å². The maximum Gasteiger partial charge on any atom is 0.320 e. The van der Waals surface area contributed by atoms with Crippen molar-refractivity contribution in [2.45, 2.75) is 31.8 Å². The summed E-state index contributed by atoms with van der Waals surface area (Å²) in [5.74, 6) is -1.04. The zero-order chi connectivity index (χ0) is 16.7. The Morgan fingerprint density at radius 1 is 1.39 bits per heavy atom. The molecule has 0 aromatic carbocycles. The van der Waals surface area contributed by atoms with Crippen LogP contribution in [0.5, 0.6) is 0 Å². The van der Waals surface area contributed by atoms with Gasteiger partial charge in [0.05, 0.1) is 5.69 Å². The summed E-state index contributed by atoms with van der Waals surface area (Å²) in [6.45, 7) is 2.84. The standard InChI is InChI=1S/C16H24N4O3/c17-14(16(22)23)4-8-19-15(21)12-5-9-20(10-6-12)11-13-3-1-2-7-18-13/h1-3,7,12,14H,4-6,8-11,17H2,(H,19,21)(H,22,23). The number of aromatic nitrogens is 1. The number of carbonyl (C=O) groups excluding carboxylic acids is 1. The van der Waals surface area contributed by atoms with Gasteiger partial charge in [-0.05, 0) is 44.5 Å². The van der Waals surface area contributed by atoms with E-state index in [9.17, 15) is 9.59 Å². The fraction of sp³-hybridized carbons (Fsp3) is 0.562. The van der Waals surface area contributed by atoms with Crippen LogP contribution in [-0.4, -0.2) is 52.5 Å². The van der Waals surface area contributed by atoms with Crippen LogP contribution >= 0.6 is 0 Å². The molecule has 1 aliphatic rings. The highest BCUT2D eigenvalue weighted by molar-refractivity contribution is 5.79. The van der Waals surface area contributed by atoms with Crippen molar-refractivity contribution in [3.05, 3.63) is 30.1 Å². The Labute approximate surface area is 135 Å². The van der Waals surface area contributed by atoms with Gasteiger partial charge >= 0.3 is 5.97 Å². The largest absolute Gasteiger partial charge is 0.480 e. The lowest BCUT2D eigenvalue weighted by molar-refractivity contribution is -0.139. The SMILES string of the molecule is NC(CCNC(=O)C1CCN(Cc2ccccn2)CC1)C(=O)O. The Bertz CT molecular complexity index is 515. The number of hydrogen-bond donors (Lipinski definition) is 3. The average molecular weight is 320 g/mol. The second-order valence-corrected chi connectivity index (χ2v) is 5.90. The summed E-state index contributed by atoms with van der Waals surface area (Å²) >= 11 is 0. The molecule has 23 heavy (non-hydrogen) atoms. The normalized spacial score (nSPS) is 17.6. The number of nitrogens with one attached hydrogen (secondary N) is 1. The van der Waals surface area contributed by atoms with Crippen LogP contribution in [0.3, 0.4) is 0 Å². The van der Waals surface area contributed by atoms with E-state index in [-0.39, 0.29) is 18.2 Å². The summed E-state index contributed by atoms with van der Waals surface area (Å²) in [6.07, 6.45) is 3.66. The summed E-state index contributed by atoms with van der Waals surface area (Å²) in [6, 6.07) is 4.96. The molecule has 2 rings (SSSR count). The number of nitrogens with zero attached hydrogens (tertiary/aromatic N) is 2. The number of rotatable bonds is 7. The van der Waals surface area contributed by atoms with Crippen LogP contribution in [0.4, 0.5) is 0 Å². The molecule has 1 aromatic rings. The first kappa shape index (κ1) is 17.4. The molecule has 1 aromatic heterocycles. The number of hydrogen-bond acceptors (Lipinski definition) is 5. The minimum absolute atomic E-state index is 0.0000693. The Morgan fingerprint density at radius 3 is 2.74 bits per heavy atom. The molecule has 0 spiro atoms. The molecule has 0 radical (unpaired) electrons. The molecule has 1 aliphatic heterocycles. The van der Waals surface area contributed by atoms with Crippen LogP contribution in [0.2, 0.25) is 0 Å². The topological polar surface area (TPSA) is 109 Å². The highest BCUT2D eigenvalue weighted by atomic mass is 16.4. The van der Waals surface area contributed by atoms with Gasteiger partial charge in [0, 0.05) is 25.2 Å². The van der Waals surface area contributed by atoms with Crippen LogP contribution in [-0.2, 0) is 16.1 Å². The Kier molecular flexibility index (Phi) is 6.49. The van der Waals surface area contributed by atoms with Gasteiger partial charge in [0.15, 0.2) is 0 Å². The van der Waals surface area contributed by atoms with Gasteiger partial charge in [-0.2, -0.15) is 0 Å². The smallest absolute Gasteiger partial charge is 0.320 e. The number of carboxylic acid groups (broad SMARTS) is 1. The molecular formula is C16H24N4O3. The van der Waals surface area contributed by atoms with E-state index in [1.807, 2.05) is 18.2 Å². The predicted molar refractivity (Wildman–Crippen MR) is 85.5 cm³/mol. The molecule has 1 unspecified atom stereocenters. The summed E-state index contributed by atoms with van der Waals surface area (Å²) in [5, 5.41) is 11.5. The van der Waals surface area contributed by atoms with E-state index in [1.54, 1.807) is 6.20 Å². The molecule has 1 atom stereocenters. The van der Waals surface area contributed by atoms with Gasteiger partial charge in [0.2, 0.25) is 5.91 Å². The summed E-state index contributed by atoms with van der Waals surface area (Å²) < 4.78 is 0. The molecule has 1 fully saturated rings. The van der Waals surface area contributed by atoms with Gasteiger partial charge in [-0.25, -0.2) is 0 Å². The van der Waals surface area contributed by atoms with Gasteiger partial charge in [-0.3, -0.25) is 19.5 Å². The van der Waals surface area contributed by atoms with Crippen LogP contribution < -0.4 is 11.1 Å². The number of nitrogens with two attached hydrogens (primary N) is 1. The lowest BCUT2D eigenvalue weighted by atomic mass is 9.95. The quantitative estimate of drug-likeness (QED) is 0.663. The van der Waals surface area contributed by atoms with E-state index in [0.29, 0.717) is 6.54 Å². The molecule has 0 saturated carbocycles. The Hall–Kier alpha value is -1.99. The van der Waals surface area contributed by atoms with Crippen molar-refractivity contribution in [2.24, 2.45) is 11.7 Å². The number of piperidine rings is 1. The molecule has 0 aliphatic carbocycles. The molecule has 4 N–H and O–H groups in total. The maximum atomic E-state index is 12.1. The monoisotopic (exact) mass is 320 g/mol. The van der Waals surface area contributed by atoms with E-state index >= 15 is 0 Å². The second-order valence-electron chi connectivity index (χ2n) is 5.90. The van der Waals surface area contributed by atoms with E-state index in [0.717, 1.165) is 38.2 Å². The molecule has 7 heteroatoms. The summed E-state index contributed by atoms with van der Waals surface area (Å²) in [5.41, 5.74) is 6.45. The third kappa shape index (κ3) is 5.61. The first-order chi connectivity index (χ1) is 11.1. The third-order valence-electron chi connectivity index (χ3n) is 4.14. The molecule has 1 amide bonds. The molecule has 1 saturated heterocycles. The highest BCUT2D eigenvalue weighted by Crippen LogP contribution is 2.18. The van der Waals surface area contributed by atoms with Crippen molar-refractivity contribution < 1.29 is 14.7 Å². The number of likely N-dealkylation sites (tertiary alicyclic amines) is 1. The lowest BCUT2D eigenvalue weighted by Crippen LogP contribution is -2.42. The van der Waals surface area contributed by atoms with Gasteiger partial charge in [0.25, 0.3) is 0 Å². The average Bonchev–Trinajstić information content (AvgIpc) is 2.56. The van der Waals surface area contributed by atoms with Crippen molar-refractivity contribution in [1.29, 1.82) is 0 Å².